The number of nitrogens with zero attached hydrogens (tertiary/aromatic N) is 4. The summed E-state index contributed by atoms with van der Waals surface area (Å²) in [6, 6.07) is 13.0. The lowest BCUT2D eigenvalue weighted by atomic mass is 9.98. The first-order valence-corrected chi connectivity index (χ1v) is 15.6. The van der Waals surface area contributed by atoms with Gasteiger partial charge in [-0.15, -0.1) is 0 Å². The molecule has 1 aromatic heterocycles. The monoisotopic (exact) mass is 597 g/mol. The fourth-order valence-electron chi connectivity index (χ4n) is 6.33. The highest BCUT2D eigenvalue weighted by molar-refractivity contribution is 5.90. The van der Waals surface area contributed by atoms with Gasteiger partial charge in [-0.05, 0) is 55.0 Å². The van der Waals surface area contributed by atoms with Crippen LogP contribution < -0.4 is 10.6 Å². The number of carbonyl (C=O) groups is 3. The van der Waals surface area contributed by atoms with Crippen molar-refractivity contribution in [2.75, 3.05) is 19.6 Å². The van der Waals surface area contributed by atoms with Crippen molar-refractivity contribution < 1.29 is 14.4 Å². The molecule has 1 saturated heterocycles. The SMILES string of the molecule is C/C=C\C1=C(C)NC(=O)N(C2CCN(C(=O)N[C@@H]3Cc4ccc5[nH]ncc5c4CN(Cc4ccccc4)C3=O)CC2)C1.CC. The van der Waals surface area contributed by atoms with Crippen molar-refractivity contribution in [3.63, 3.8) is 0 Å². The molecule has 4 heterocycles. The van der Waals surface area contributed by atoms with Gasteiger partial charge in [0, 0.05) is 56.3 Å². The third kappa shape index (κ3) is 6.49. The van der Waals surface area contributed by atoms with Gasteiger partial charge in [-0.25, -0.2) is 9.59 Å². The molecule has 3 aromatic rings. The summed E-state index contributed by atoms with van der Waals surface area (Å²) >= 11 is 0. The molecule has 2 aromatic carbocycles. The van der Waals surface area contributed by atoms with Crippen molar-refractivity contribution in [1.82, 2.24) is 35.5 Å². The Morgan fingerprint density at radius 2 is 1.82 bits per heavy atom. The van der Waals surface area contributed by atoms with Crippen LogP contribution in [0.2, 0.25) is 0 Å². The minimum atomic E-state index is -0.686. The summed E-state index contributed by atoms with van der Waals surface area (Å²) in [7, 11) is 0. The number of nitrogens with one attached hydrogen (secondary N) is 3. The molecule has 1 atom stereocenters. The fourth-order valence-corrected chi connectivity index (χ4v) is 6.33. The van der Waals surface area contributed by atoms with Crippen LogP contribution in [0, 0.1) is 0 Å². The van der Waals surface area contributed by atoms with Crippen molar-refractivity contribution in [2.45, 2.75) is 72.1 Å². The molecule has 0 bridgehead atoms. The van der Waals surface area contributed by atoms with E-state index in [0.29, 0.717) is 52.0 Å². The Morgan fingerprint density at radius 1 is 1.07 bits per heavy atom. The van der Waals surface area contributed by atoms with Crippen molar-refractivity contribution in [2.24, 2.45) is 0 Å². The molecule has 3 N–H and O–H groups in total. The van der Waals surface area contributed by atoms with Crippen LogP contribution in [0.4, 0.5) is 9.59 Å². The highest BCUT2D eigenvalue weighted by Crippen LogP contribution is 2.28. The van der Waals surface area contributed by atoms with Gasteiger partial charge in [0.2, 0.25) is 5.91 Å². The number of aromatic nitrogens is 2. The molecule has 3 aliphatic heterocycles. The summed E-state index contributed by atoms with van der Waals surface area (Å²) in [6.45, 7) is 10.4. The Balaban J connectivity index is 0.00000188. The lowest BCUT2D eigenvalue weighted by molar-refractivity contribution is -0.134. The zero-order valence-corrected chi connectivity index (χ0v) is 26.1. The van der Waals surface area contributed by atoms with Crippen LogP contribution >= 0.6 is 0 Å². The molecule has 6 rings (SSSR count). The minimum Gasteiger partial charge on any atom is -0.332 e. The summed E-state index contributed by atoms with van der Waals surface area (Å²) in [5, 5.41) is 14.3. The molecule has 5 amide bonds. The van der Waals surface area contributed by atoms with Crippen LogP contribution in [0.1, 0.15) is 57.2 Å². The van der Waals surface area contributed by atoms with Crippen molar-refractivity contribution in [3.8, 4) is 0 Å². The first-order valence-electron chi connectivity index (χ1n) is 15.6. The van der Waals surface area contributed by atoms with Gasteiger partial charge < -0.3 is 25.3 Å². The standard InChI is InChI=1S/C32H37N7O3.C2H6/c1-3-7-24-19-39(32(42)34-21(24)2)25-12-14-37(15-13-25)31(41)35-29-16-23-10-11-28-26(17-33-36-28)27(23)20-38(30(29)40)18-22-8-5-4-6-9-22;1-2/h3-11,17,25,29H,12-16,18-20H2,1-2H3,(H,33,36)(H,34,42)(H,35,41);1-2H3/b7-3-;/t29-;/m1./s1. The van der Waals surface area contributed by atoms with Crippen LogP contribution in [0.5, 0.6) is 0 Å². The van der Waals surface area contributed by atoms with E-state index in [-0.39, 0.29) is 24.0 Å². The van der Waals surface area contributed by atoms with Gasteiger partial charge in [0.15, 0.2) is 0 Å². The predicted molar refractivity (Wildman–Crippen MR) is 172 cm³/mol. The van der Waals surface area contributed by atoms with Crippen LogP contribution in [0.25, 0.3) is 10.9 Å². The normalized spacial score (nSPS) is 19.5. The van der Waals surface area contributed by atoms with Crippen LogP contribution in [0.15, 0.2) is 72.1 Å². The zero-order chi connectivity index (χ0) is 31.2. The van der Waals surface area contributed by atoms with E-state index in [2.05, 4.69) is 20.8 Å². The Labute approximate surface area is 259 Å². The summed E-state index contributed by atoms with van der Waals surface area (Å²) < 4.78 is 0. The number of aromatic amines is 1. The third-order valence-electron chi connectivity index (χ3n) is 8.67. The number of H-pyrrole nitrogens is 1. The lowest BCUT2D eigenvalue weighted by Gasteiger charge is -2.41. The van der Waals surface area contributed by atoms with E-state index in [4.69, 9.17) is 0 Å². The lowest BCUT2D eigenvalue weighted by Crippen LogP contribution is -2.57. The maximum Gasteiger partial charge on any atom is 0.322 e. The number of carbonyl (C=O) groups excluding carboxylic acids is 3. The molecule has 44 heavy (non-hydrogen) atoms. The maximum atomic E-state index is 13.9. The second kappa shape index (κ2) is 13.8. The number of benzene rings is 2. The largest absolute Gasteiger partial charge is 0.332 e. The number of hydrogen-bond acceptors (Lipinski definition) is 4. The predicted octanol–water partition coefficient (Wildman–Crippen LogP) is 5.09. The highest BCUT2D eigenvalue weighted by Gasteiger charge is 2.35. The molecule has 10 heteroatoms. The van der Waals surface area contributed by atoms with E-state index < -0.39 is 6.04 Å². The Morgan fingerprint density at radius 3 is 2.55 bits per heavy atom. The van der Waals surface area contributed by atoms with Crippen molar-refractivity contribution in [1.29, 1.82) is 0 Å². The van der Waals surface area contributed by atoms with Gasteiger partial charge in [0.1, 0.15) is 6.04 Å². The molecule has 0 saturated carbocycles. The topological polar surface area (TPSA) is 114 Å². The Hall–Kier alpha value is -4.60. The average molecular weight is 598 g/mol. The minimum absolute atomic E-state index is 0.0486. The Kier molecular flexibility index (Phi) is 9.67. The van der Waals surface area contributed by atoms with Crippen LogP contribution in [-0.4, -0.2) is 74.6 Å². The second-order valence-corrected chi connectivity index (χ2v) is 11.3. The van der Waals surface area contributed by atoms with E-state index in [1.54, 1.807) is 4.90 Å². The number of piperidine rings is 1. The molecule has 0 unspecified atom stereocenters. The van der Waals surface area contributed by atoms with Crippen LogP contribution in [-0.2, 0) is 24.3 Å². The third-order valence-corrected chi connectivity index (χ3v) is 8.67. The number of allylic oxidation sites excluding steroid dienone is 2. The quantitative estimate of drug-likeness (QED) is 0.380. The van der Waals surface area contributed by atoms with Gasteiger partial charge in [0.05, 0.1) is 11.7 Å². The number of fused-ring (bicyclic) bond motifs is 3. The number of urea groups is 2. The Bertz CT molecular complexity index is 1550. The van der Waals surface area contributed by atoms with E-state index in [1.165, 1.54) is 0 Å². The smallest absolute Gasteiger partial charge is 0.322 e. The number of rotatable bonds is 5. The first kappa shape index (κ1) is 30.8. The summed E-state index contributed by atoms with van der Waals surface area (Å²) in [6.07, 6.45) is 7.60. The highest BCUT2D eigenvalue weighted by atomic mass is 16.2. The van der Waals surface area contributed by atoms with Gasteiger partial charge in [-0.2, -0.15) is 5.10 Å². The average Bonchev–Trinajstić information content (AvgIpc) is 3.49. The summed E-state index contributed by atoms with van der Waals surface area (Å²) in [4.78, 5) is 45.7. The molecule has 3 aliphatic rings. The molecular formula is C34H43N7O3. The molecule has 232 valence electrons. The van der Waals surface area contributed by atoms with Gasteiger partial charge in [-0.1, -0.05) is 62.4 Å². The number of likely N-dealkylation sites (tertiary alicyclic amines) is 1. The summed E-state index contributed by atoms with van der Waals surface area (Å²) in [5.74, 6) is -0.0985. The number of hydrogen-bond donors (Lipinski definition) is 3. The van der Waals surface area contributed by atoms with Crippen molar-refractivity contribution in [3.05, 3.63) is 88.8 Å². The first-order chi connectivity index (χ1) is 21.4. The van der Waals surface area contributed by atoms with E-state index in [9.17, 15) is 14.4 Å². The zero-order valence-electron chi connectivity index (χ0n) is 26.1. The maximum absolute atomic E-state index is 13.9. The molecule has 0 radical (unpaired) electrons. The molecule has 0 aliphatic carbocycles. The second-order valence-electron chi connectivity index (χ2n) is 11.3. The molecule has 10 nitrogen and oxygen atoms in total. The van der Waals surface area contributed by atoms with Gasteiger partial charge in [-0.3, -0.25) is 9.89 Å². The van der Waals surface area contributed by atoms with E-state index in [1.807, 2.05) is 98.3 Å². The van der Waals surface area contributed by atoms with Crippen molar-refractivity contribution >= 4 is 28.9 Å². The fraction of sp³-hybridized carbons (Fsp3) is 0.412. The van der Waals surface area contributed by atoms with Crippen LogP contribution in [0.3, 0.4) is 0 Å². The summed E-state index contributed by atoms with van der Waals surface area (Å²) in [5.41, 5.74) is 6.03. The van der Waals surface area contributed by atoms with Gasteiger partial charge in [0.25, 0.3) is 0 Å². The molecule has 0 spiro atoms. The van der Waals surface area contributed by atoms with E-state index in [0.717, 1.165) is 38.9 Å². The van der Waals surface area contributed by atoms with E-state index >= 15 is 0 Å². The molecule has 1 fully saturated rings. The molecular weight excluding hydrogens is 554 g/mol. The van der Waals surface area contributed by atoms with Gasteiger partial charge >= 0.3 is 12.1 Å². The number of amides is 5.